The molecule has 3 aliphatic rings. The van der Waals surface area contributed by atoms with Gasteiger partial charge in [0.05, 0.1) is 0 Å². The summed E-state index contributed by atoms with van der Waals surface area (Å²) in [5.41, 5.74) is 7.46. The summed E-state index contributed by atoms with van der Waals surface area (Å²) >= 11 is -3.07. The van der Waals surface area contributed by atoms with Crippen LogP contribution in [0.3, 0.4) is 0 Å². The molecule has 0 aliphatic carbocycles. The fraction of sp³-hybridized carbons (Fsp3) is 0.0323. The van der Waals surface area contributed by atoms with Gasteiger partial charge in [0.1, 0.15) is 0 Å². The van der Waals surface area contributed by atoms with Crippen LogP contribution in [0.5, 0.6) is 11.5 Å². The Morgan fingerprint density at radius 3 is 1.31 bits per heavy atom. The summed E-state index contributed by atoms with van der Waals surface area (Å²) in [5.74, 6) is 4.61. The standard InChI is InChI=1S/C31H22GeN2O/c1-32-29-23-15-8-16-24(29)34(22-13-6-3-7-14-22)26-18-10-20-28(31(26)32)35-27-19-9-17-25(30(27)32)33(23)21-11-4-2-5-12-21/h2-20H,1H3. The molecule has 0 spiro atoms. The zero-order valence-corrected chi connectivity index (χ0v) is 21.4. The topological polar surface area (TPSA) is 15.7 Å². The summed E-state index contributed by atoms with van der Waals surface area (Å²) in [6.07, 6.45) is 0. The molecule has 0 radical (unpaired) electrons. The van der Waals surface area contributed by atoms with Crippen LogP contribution < -0.4 is 27.7 Å². The van der Waals surface area contributed by atoms with Crippen LogP contribution in [0, 0.1) is 0 Å². The van der Waals surface area contributed by atoms with Crippen molar-refractivity contribution in [3.05, 3.63) is 115 Å². The van der Waals surface area contributed by atoms with E-state index in [2.05, 4.69) is 131 Å². The van der Waals surface area contributed by atoms with Crippen LogP contribution in [-0.4, -0.2) is 13.3 Å². The van der Waals surface area contributed by atoms with Gasteiger partial charge in [-0.1, -0.05) is 0 Å². The second kappa shape index (κ2) is 6.80. The van der Waals surface area contributed by atoms with E-state index in [1.54, 1.807) is 0 Å². The van der Waals surface area contributed by atoms with E-state index in [1.807, 2.05) is 0 Å². The molecule has 0 atom stereocenters. The molecule has 0 amide bonds. The number of ether oxygens (including phenoxy) is 1. The van der Waals surface area contributed by atoms with Crippen molar-refractivity contribution in [3.63, 3.8) is 0 Å². The van der Waals surface area contributed by atoms with E-state index in [0.29, 0.717) is 0 Å². The van der Waals surface area contributed by atoms with Gasteiger partial charge in [0.25, 0.3) is 0 Å². The van der Waals surface area contributed by atoms with Crippen LogP contribution in [0.15, 0.2) is 115 Å². The van der Waals surface area contributed by atoms with Gasteiger partial charge in [0.2, 0.25) is 0 Å². The van der Waals surface area contributed by atoms with E-state index in [9.17, 15) is 0 Å². The number of benzene rings is 5. The molecule has 8 rings (SSSR count). The van der Waals surface area contributed by atoms with Crippen LogP contribution >= 0.6 is 0 Å². The number of hydrogen-bond acceptors (Lipinski definition) is 3. The van der Waals surface area contributed by atoms with Crippen molar-refractivity contribution in [2.75, 3.05) is 9.80 Å². The fourth-order valence-electron chi connectivity index (χ4n) is 6.46. The van der Waals surface area contributed by atoms with Crippen molar-refractivity contribution in [1.82, 2.24) is 0 Å². The quantitative estimate of drug-likeness (QED) is 0.249. The molecule has 3 heterocycles. The Bertz CT molecular complexity index is 1530. The summed E-state index contributed by atoms with van der Waals surface area (Å²) in [6, 6.07) is 41.4. The predicted octanol–water partition coefficient (Wildman–Crippen LogP) is 6.46. The fourth-order valence-corrected chi connectivity index (χ4v) is 16.6. The normalized spacial score (nSPS) is 15.3. The van der Waals surface area contributed by atoms with Gasteiger partial charge in [-0.15, -0.1) is 0 Å². The summed E-state index contributed by atoms with van der Waals surface area (Å²) in [7, 11) is 0. The molecule has 0 N–H and O–H groups in total. The van der Waals surface area contributed by atoms with Gasteiger partial charge in [-0.3, -0.25) is 0 Å². The Kier molecular flexibility index (Phi) is 3.76. The van der Waals surface area contributed by atoms with Crippen LogP contribution in [-0.2, 0) is 0 Å². The molecule has 4 heteroatoms. The molecular weight excluding hydrogens is 489 g/mol. The maximum absolute atomic E-state index is 6.68. The molecular formula is C31H22GeN2O. The number of hydrogen-bond donors (Lipinski definition) is 0. The van der Waals surface area contributed by atoms with Gasteiger partial charge in [0, 0.05) is 0 Å². The monoisotopic (exact) mass is 512 g/mol. The zero-order valence-electron chi connectivity index (χ0n) is 19.3. The Hall–Kier alpha value is -3.96. The van der Waals surface area contributed by atoms with Crippen molar-refractivity contribution >= 4 is 60.6 Å². The third kappa shape index (κ3) is 2.36. The molecule has 5 aromatic carbocycles. The molecule has 3 aliphatic heterocycles. The molecule has 0 saturated carbocycles. The molecule has 0 saturated heterocycles. The van der Waals surface area contributed by atoms with Gasteiger partial charge in [-0.25, -0.2) is 0 Å². The van der Waals surface area contributed by atoms with Gasteiger partial charge >= 0.3 is 208 Å². The van der Waals surface area contributed by atoms with E-state index in [4.69, 9.17) is 4.74 Å². The van der Waals surface area contributed by atoms with Crippen LogP contribution in [0.1, 0.15) is 0 Å². The predicted molar refractivity (Wildman–Crippen MR) is 146 cm³/mol. The molecule has 3 nitrogen and oxygen atoms in total. The van der Waals surface area contributed by atoms with Crippen molar-refractivity contribution in [3.8, 4) is 11.5 Å². The Morgan fingerprint density at radius 1 is 0.457 bits per heavy atom. The Balaban J connectivity index is 1.55. The first-order valence-corrected chi connectivity index (χ1v) is 17.3. The average Bonchev–Trinajstić information content (AvgIpc) is 2.90. The summed E-state index contributed by atoms with van der Waals surface area (Å²) in [4.78, 5) is 4.88. The first kappa shape index (κ1) is 19.4. The molecule has 0 fully saturated rings. The van der Waals surface area contributed by atoms with Gasteiger partial charge in [-0.05, 0) is 0 Å². The van der Waals surface area contributed by atoms with Crippen molar-refractivity contribution in [2.24, 2.45) is 0 Å². The first-order chi connectivity index (χ1) is 17.3. The number of nitrogens with zero attached hydrogens (tertiary/aromatic N) is 2. The average molecular weight is 511 g/mol. The second-order valence-corrected chi connectivity index (χ2v) is 17.4. The third-order valence-electron chi connectivity index (χ3n) is 7.74. The molecule has 0 unspecified atom stereocenters. The number of rotatable bonds is 2. The molecule has 0 aromatic heterocycles. The van der Waals surface area contributed by atoms with Crippen LogP contribution in [0.4, 0.5) is 34.1 Å². The molecule has 0 bridgehead atoms. The van der Waals surface area contributed by atoms with Crippen molar-refractivity contribution < 1.29 is 4.74 Å². The van der Waals surface area contributed by atoms with E-state index in [-0.39, 0.29) is 0 Å². The number of anilines is 6. The molecule has 5 aromatic rings. The van der Waals surface area contributed by atoms with E-state index < -0.39 is 13.3 Å². The maximum atomic E-state index is 6.68. The van der Waals surface area contributed by atoms with Gasteiger partial charge in [0.15, 0.2) is 0 Å². The Morgan fingerprint density at radius 2 is 0.857 bits per heavy atom. The van der Waals surface area contributed by atoms with E-state index >= 15 is 0 Å². The summed E-state index contributed by atoms with van der Waals surface area (Å²) < 4.78 is 11.0. The van der Waals surface area contributed by atoms with Gasteiger partial charge in [-0.2, -0.15) is 0 Å². The van der Waals surface area contributed by atoms with E-state index in [0.717, 1.165) is 11.5 Å². The molecule has 35 heavy (non-hydrogen) atoms. The van der Waals surface area contributed by atoms with Crippen molar-refractivity contribution in [2.45, 2.75) is 5.76 Å². The number of para-hydroxylation sites is 2. The Labute approximate surface area is 207 Å². The second-order valence-electron chi connectivity index (χ2n) is 9.54. The minimum atomic E-state index is -3.07. The van der Waals surface area contributed by atoms with Gasteiger partial charge < -0.3 is 0 Å². The first-order valence-electron chi connectivity index (χ1n) is 12.1. The summed E-state index contributed by atoms with van der Waals surface area (Å²) in [6.45, 7) is 0. The van der Waals surface area contributed by atoms with Crippen LogP contribution in [0.25, 0.3) is 0 Å². The van der Waals surface area contributed by atoms with E-state index in [1.165, 1.54) is 47.3 Å². The molecule has 166 valence electrons. The zero-order chi connectivity index (χ0) is 23.1. The van der Waals surface area contributed by atoms with Crippen LogP contribution in [0.2, 0.25) is 5.76 Å². The SMILES string of the molecule is [CH3][Ge]12[c]3c4cccc3N(c3ccccc3)c3cccc([c]31)N(c1ccccc1)c1cccc([c]12)O4. The minimum absolute atomic E-state index is 1.02. The van der Waals surface area contributed by atoms with Crippen molar-refractivity contribution in [1.29, 1.82) is 0 Å². The summed E-state index contributed by atoms with van der Waals surface area (Å²) in [5, 5.41) is 0. The third-order valence-corrected chi connectivity index (χ3v) is 17.2.